The van der Waals surface area contributed by atoms with E-state index in [9.17, 15) is 0 Å². The average molecular weight is 270 g/mol. The maximum absolute atomic E-state index is 4.48. The molecule has 0 saturated carbocycles. The van der Waals surface area contributed by atoms with E-state index in [-0.39, 0.29) is 0 Å². The highest BCUT2D eigenvalue weighted by molar-refractivity contribution is 9.09. The predicted octanol–water partition coefficient (Wildman–Crippen LogP) is 2.46. The van der Waals surface area contributed by atoms with Crippen molar-refractivity contribution >= 4 is 21.7 Å². The minimum absolute atomic E-state index is 0.679. The fourth-order valence-electron chi connectivity index (χ4n) is 1.94. The van der Waals surface area contributed by atoms with Crippen LogP contribution in [0.4, 0.5) is 5.82 Å². The minimum Gasteiger partial charge on any atom is -0.356 e. The molecular weight excluding hydrogens is 254 g/mol. The fourth-order valence-corrected chi connectivity index (χ4v) is 2.35. The summed E-state index contributed by atoms with van der Waals surface area (Å²) in [5.74, 6) is 1.95. The van der Waals surface area contributed by atoms with E-state index in [2.05, 4.69) is 36.9 Å². The van der Waals surface area contributed by atoms with Gasteiger partial charge in [0.15, 0.2) is 0 Å². The van der Waals surface area contributed by atoms with E-state index in [4.69, 9.17) is 0 Å². The third kappa shape index (κ3) is 2.68. The lowest BCUT2D eigenvalue weighted by Gasteiger charge is -2.30. The van der Waals surface area contributed by atoms with Crippen molar-refractivity contribution in [3.05, 3.63) is 17.6 Å². The molecule has 0 atom stereocenters. The van der Waals surface area contributed by atoms with Crippen LogP contribution in [0.2, 0.25) is 0 Å². The van der Waals surface area contributed by atoms with E-state index < -0.39 is 0 Å². The molecule has 0 amide bonds. The molecule has 0 N–H and O–H groups in total. The number of nitrogens with zero attached hydrogens (tertiary/aromatic N) is 3. The Morgan fingerprint density at radius 1 is 1.27 bits per heavy atom. The molecule has 1 aromatic rings. The lowest BCUT2D eigenvalue weighted by atomic mass is 10.1. The van der Waals surface area contributed by atoms with Crippen molar-refractivity contribution in [3.8, 4) is 0 Å². The number of hydrogen-bond donors (Lipinski definition) is 0. The van der Waals surface area contributed by atoms with E-state index in [1.807, 2.05) is 13.8 Å². The third-order valence-electron chi connectivity index (χ3n) is 2.70. The molecule has 1 aromatic heterocycles. The summed E-state index contributed by atoms with van der Waals surface area (Å²) in [7, 11) is 0. The van der Waals surface area contributed by atoms with Crippen LogP contribution < -0.4 is 4.90 Å². The highest BCUT2D eigenvalue weighted by atomic mass is 79.9. The second-order valence-electron chi connectivity index (χ2n) is 4.08. The van der Waals surface area contributed by atoms with Crippen LogP contribution in [0.5, 0.6) is 0 Å². The van der Waals surface area contributed by atoms with Gasteiger partial charge in [0.05, 0.1) is 0 Å². The zero-order valence-electron chi connectivity index (χ0n) is 9.20. The molecular formula is C11H16BrN3. The molecule has 1 saturated heterocycles. The zero-order chi connectivity index (χ0) is 10.8. The summed E-state index contributed by atoms with van der Waals surface area (Å²) in [5, 5.41) is 0. The van der Waals surface area contributed by atoms with E-state index in [0.717, 1.165) is 30.4 Å². The molecule has 2 heterocycles. The standard InChI is InChI=1S/C11H16BrN3/c1-8-7-11(14-9(2)13-8)15-5-3-10(12)4-6-15/h7,10H,3-6H2,1-2H3. The Morgan fingerprint density at radius 2 is 1.93 bits per heavy atom. The summed E-state index contributed by atoms with van der Waals surface area (Å²) in [6, 6.07) is 2.07. The number of aryl methyl sites for hydroxylation is 2. The molecule has 3 nitrogen and oxygen atoms in total. The molecule has 1 aliphatic heterocycles. The number of halogens is 1. The van der Waals surface area contributed by atoms with Crippen molar-refractivity contribution in [2.24, 2.45) is 0 Å². The number of alkyl halides is 1. The Labute approximate surface area is 99.0 Å². The van der Waals surface area contributed by atoms with Crippen LogP contribution in [0, 0.1) is 13.8 Å². The number of hydrogen-bond acceptors (Lipinski definition) is 3. The Kier molecular flexibility index (Phi) is 3.24. The molecule has 1 fully saturated rings. The van der Waals surface area contributed by atoms with Gasteiger partial charge in [0.2, 0.25) is 0 Å². The highest BCUT2D eigenvalue weighted by Gasteiger charge is 2.18. The van der Waals surface area contributed by atoms with Gasteiger partial charge in [-0.15, -0.1) is 0 Å². The van der Waals surface area contributed by atoms with Gasteiger partial charge in [-0.1, -0.05) is 15.9 Å². The van der Waals surface area contributed by atoms with Crippen molar-refractivity contribution in [1.82, 2.24) is 9.97 Å². The second kappa shape index (κ2) is 4.47. The average Bonchev–Trinajstić information content (AvgIpc) is 2.17. The van der Waals surface area contributed by atoms with Gasteiger partial charge in [0.1, 0.15) is 11.6 Å². The minimum atomic E-state index is 0.679. The summed E-state index contributed by atoms with van der Waals surface area (Å²) in [5.41, 5.74) is 1.05. The third-order valence-corrected chi connectivity index (χ3v) is 3.62. The molecule has 4 heteroatoms. The molecule has 0 spiro atoms. The number of aromatic nitrogens is 2. The topological polar surface area (TPSA) is 29.0 Å². The lowest BCUT2D eigenvalue weighted by Crippen LogP contribution is -2.34. The van der Waals surface area contributed by atoms with Gasteiger partial charge in [-0.2, -0.15) is 0 Å². The number of piperidine rings is 1. The van der Waals surface area contributed by atoms with Crippen molar-refractivity contribution in [3.63, 3.8) is 0 Å². The maximum atomic E-state index is 4.48. The predicted molar refractivity (Wildman–Crippen MR) is 65.7 cm³/mol. The summed E-state index contributed by atoms with van der Waals surface area (Å²) in [4.78, 5) is 11.8. The van der Waals surface area contributed by atoms with E-state index >= 15 is 0 Å². The van der Waals surface area contributed by atoms with Crippen molar-refractivity contribution in [1.29, 1.82) is 0 Å². The quantitative estimate of drug-likeness (QED) is 0.734. The van der Waals surface area contributed by atoms with E-state index in [1.54, 1.807) is 0 Å². The molecule has 2 rings (SSSR count). The molecule has 15 heavy (non-hydrogen) atoms. The van der Waals surface area contributed by atoms with Gasteiger partial charge < -0.3 is 4.90 Å². The number of rotatable bonds is 1. The molecule has 0 bridgehead atoms. The maximum Gasteiger partial charge on any atom is 0.132 e. The van der Waals surface area contributed by atoms with Crippen LogP contribution >= 0.6 is 15.9 Å². The fraction of sp³-hybridized carbons (Fsp3) is 0.636. The highest BCUT2D eigenvalue weighted by Crippen LogP contribution is 2.22. The molecule has 0 aliphatic carbocycles. The van der Waals surface area contributed by atoms with Crippen LogP contribution in [-0.2, 0) is 0 Å². The van der Waals surface area contributed by atoms with Crippen molar-refractivity contribution < 1.29 is 0 Å². The van der Waals surface area contributed by atoms with Crippen LogP contribution in [0.15, 0.2) is 6.07 Å². The summed E-state index contributed by atoms with van der Waals surface area (Å²) in [6.07, 6.45) is 2.39. The summed E-state index contributed by atoms with van der Waals surface area (Å²) < 4.78 is 0. The van der Waals surface area contributed by atoms with Crippen LogP contribution in [0.25, 0.3) is 0 Å². The summed E-state index contributed by atoms with van der Waals surface area (Å²) in [6.45, 7) is 6.15. The first-order valence-corrected chi connectivity index (χ1v) is 6.28. The van der Waals surface area contributed by atoms with Gasteiger partial charge in [-0.05, 0) is 26.7 Å². The molecule has 0 unspecified atom stereocenters. The molecule has 1 aliphatic rings. The molecule has 82 valence electrons. The smallest absolute Gasteiger partial charge is 0.132 e. The lowest BCUT2D eigenvalue weighted by molar-refractivity contribution is 0.591. The van der Waals surface area contributed by atoms with Crippen molar-refractivity contribution in [2.75, 3.05) is 18.0 Å². The first-order chi connectivity index (χ1) is 7.15. The SMILES string of the molecule is Cc1cc(N2CCC(Br)CC2)nc(C)n1. The molecule has 0 aromatic carbocycles. The summed E-state index contributed by atoms with van der Waals surface area (Å²) >= 11 is 3.66. The largest absolute Gasteiger partial charge is 0.356 e. The first kappa shape index (κ1) is 10.9. The Hall–Kier alpha value is -0.640. The normalized spacial score (nSPS) is 18.2. The zero-order valence-corrected chi connectivity index (χ0v) is 10.8. The molecule has 0 radical (unpaired) electrons. The Bertz CT molecular complexity index is 325. The number of anilines is 1. The van der Waals surface area contributed by atoms with Gasteiger partial charge in [-0.3, -0.25) is 0 Å². The van der Waals surface area contributed by atoms with Gasteiger partial charge in [0, 0.05) is 29.7 Å². The Morgan fingerprint density at radius 3 is 2.53 bits per heavy atom. The van der Waals surface area contributed by atoms with Crippen LogP contribution in [0.1, 0.15) is 24.4 Å². The second-order valence-corrected chi connectivity index (χ2v) is 5.37. The van der Waals surface area contributed by atoms with Gasteiger partial charge in [0.25, 0.3) is 0 Å². The first-order valence-electron chi connectivity index (χ1n) is 5.36. The van der Waals surface area contributed by atoms with Gasteiger partial charge in [-0.25, -0.2) is 9.97 Å². The van der Waals surface area contributed by atoms with Crippen molar-refractivity contribution in [2.45, 2.75) is 31.5 Å². The van der Waals surface area contributed by atoms with Crippen LogP contribution in [0.3, 0.4) is 0 Å². The Balaban J connectivity index is 2.15. The van der Waals surface area contributed by atoms with Gasteiger partial charge >= 0.3 is 0 Å². The van der Waals surface area contributed by atoms with Crippen LogP contribution in [-0.4, -0.2) is 27.9 Å². The van der Waals surface area contributed by atoms with E-state index in [0.29, 0.717) is 4.83 Å². The van der Waals surface area contributed by atoms with E-state index in [1.165, 1.54) is 12.8 Å². The monoisotopic (exact) mass is 269 g/mol.